The second-order valence-electron chi connectivity index (χ2n) is 4.76. The Balaban J connectivity index is 0. The zero-order valence-corrected chi connectivity index (χ0v) is 11.5. The lowest BCUT2D eigenvalue weighted by Crippen LogP contribution is -2.47. The van der Waals surface area contributed by atoms with Crippen LogP contribution in [-0.4, -0.2) is 37.5 Å². The van der Waals surface area contributed by atoms with Crippen molar-refractivity contribution in [2.45, 2.75) is 33.7 Å². The van der Waals surface area contributed by atoms with Gasteiger partial charge in [0.1, 0.15) is 0 Å². The summed E-state index contributed by atoms with van der Waals surface area (Å²) in [5.74, 6) is 1.08. The number of rotatable bonds is 5. The van der Waals surface area contributed by atoms with Crippen LogP contribution in [-0.2, 0) is 4.79 Å². The molecule has 0 spiro atoms. The van der Waals surface area contributed by atoms with Gasteiger partial charge >= 0.3 is 0 Å². The zero-order valence-electron chi connectivity index (χ0n) is 10.7. The summed E-state index contributed by atoms with van der Waals surface area (Å²) < 4.78 is 0. The van der Waals surface area contributed by atoms with Crippen molar-refractivity contribution in [2.24, 2.45) is 11.8 Å². The van der Waals surface area contributed by atoms with Crippen LogP contribution in [0.1, 0.15) is 27.7 Å². The predicted octanol–water partition coefficient (Wildman–Crippen LogP) is 1.77. The van der Waals surface area contributed by atoms with Crippen LogP contribution < -0.4 is 5.32 Å². The quantitative estimate of drug-likeness (QED) is 0.789. The summed E-state index contributed by atoms with van der Waals surface area (Å²) in [5, 5.41) is 3.31. The van der Waals surface area contributed by atoms with E-state index in [1.165, 1.54) is 0 Å². The van der Waals surface area contributed by atoms with Crippen LogP contribution in [0.3, 0.4) is 0 Å². The van der Waals surface area contributed by atoms with Crippen LogP contribution in [0, 0.1) is 11.8 Å². The van der Waals surface area contributed by atoms with Gasteiger partial charge in [-0.05, 0) is 18.4 Å². The first-order valence-electron chi connectivity index (χ1n) is 5.30. The van der Waals surface area contributed by atoms with Crippen molar-refractivity contribution < 1.29 is 4.79 Å². The first-order chi connectivity index (χ1) is 6.36. The van der Waals surface area contributed by atoms with E-state index in [9.17, 15) is 4.79 Å². The van der Waals surface area contributed by atoms with Gasteiger partial charge in [-0.25, -0.2) is 0 Å². The van der Waals surface area contributed by atoms with Crippen molar-refractivity contribution in [2.75, 3.05) is 20.6 Å². The maximum absolute atomic E-state index is 11.8. The molecule has 0 rings (SSSR count). The van der Waals surface area contributed by atoms with Gasteiger partial charge in [-0.3, -0.25) is 4.79 Å². The van der Waals surface area contributed by atoms with E-state index in [4.69, 9.17) is 0 Å². The first kappa shape index (κ1) is 17.1. The van der Waals surface area contributed by atoms with Gasteiger partial charge in [-0.15, -0.1) is 12.4 Å². The molecular weight excluding hydrogens is 212 g/mol. The fraction of sp³-hybridized carbons (Fsp3) is 0.909. The third-order valence-corrected chi connectivity index (χ3v) is 2.12. The van der Waals surface area contributed by atoms with E-state index in [1.807, 2.05) is 0 Å². The first-order valence-corrected chi connectivity index (χ1v) is 5.30. The van der Waals surface area contributed by atoms with Gasteiger partial charge in [0.05, 0.1) is 6.04 Å². The Bertz CT molecular complexity index is 181. The van der Waals surface area contributed by atoms with Crippen molar-refractivity contribution in [3.63, 3.8) is 0 Å². The third kappa shape index (κ3) is 6.74. The Morgan fingerprint density at radius 2 is 1.67 bits per heavy atom. The number of hydrogen-bond acceptors (Lipinski definition) is 2. The number of nitrogens with one attached hydrogen (secondary N) is 1. The summed E-state index contributed by atoms with van der Waals surface area (Å²) in [7, 11) is 3.60. The molecule has 0 saturated carbocycles. The molecule has 0 aliphatic rings. The normalized spacial score (nSPS) is 12.5. The van der Waals surface area contributed by atoms with Gasteiger partial charge in [0.15, 0.2) is 0 Å². The van der Waals surface area contributed by atoms with Gasteiger partial charge in [0.25, 0.3) is 0 Å². The molecule has 1 atom stereocenters. The molecular formula is C11H25ClN2O. The monoisotopic (exact) mass is 236 g/mol. The summed E-state index contributed by atoms with van der Waals surface area (Å²) in [5.41, 5.74) is 0. The second kappa shape index (κ2) is 7.94. The Morgan fingerprint density at radius 1 is 1.20 bits per heavy atom. The molecule has 0 aliphatic carbocycles. The van der Waals surface area contributed by atoms with Crippen LogP contribution >= 0.6 is 12.4 Å². The van der Waals surface area contributed by atoms with E-state index < -0.39 is 0 Å². The maximum Gasteiger partial charge on any atom is 0.239 e. The van der Waals surface area contributed by atoms with E-state index in [0.717, 1.165) is 6.54 Å². The van der Waals surface area contributed by atoms with Gasteiger partial charge < -0.3 is 10.2 Å². The topological polar surface area (TPSA) is 32.3 Å². The maximum atomic E-state index is 11.8. The lowest BCUT2D eigenvalue weighted by atomic mass is 10.0. The lowest BCUT2D eigenvalue weighted by molar-refractivity contribution is -0.132. The molecule has 0 fully saturated rings. The highest BCUT2D eigenvalue weighted by atomic mass is 35.5. The fourth-order valence-electron chi connectivity index (χ4n) is 1.25. The number of likely N-dealkylation sites (N-methyl/N-ethyl adjacent to an activating group) is 1. The molecule has 0 aromatic heterocycles. The van der Waals surface area contributed by atoms with Crippen molar-refractivity contribution in [1.82, 2.24) is 10.2 Å². The summed E-state index contributed by atoms with van der Waals surface area (Å²) in [6, 6.07) is -0.0487. The van der Waals surface area contributed by atoms with E-state index in [-0.39, 0.29) is 24.4 Å². The molecule has 4 heteroatoms. The highest BCUT2D eigenvalue weighted by Crippen LogP contribution is 2.05. The number of carbonyl (C=O) groups excluding carboxylic acids is 1. The Morgan fingerprint density at radius 3 is 1.93 bits per heavy atom. The Kier molecular flexibility index (Phi) is 9.07. The number of halogens is 1. The van der Waals surface area contributed by atoms with E-state index in [1.54, 1.807) is 19.0 Å². The van der Waals surface area contributed by atoms with Crippen LogP contribution in [0.5, 0.6) is 0 Å². The van der Waals surface area contributed by atoms with Gasteiger partial charge in [0.2, 0.25) is 5.91 Å². The average Bonchev–Trinajstić information content (AvgIpc) is 2.02. The molecule has 0 radical (unpaired) electrons. The molecule has 0 saturated heterocycles. The molecule has 15 heavy (non-hydrogen) atoms. The van der Waals surface area contributed by atoms with E-state index in [0.29, 0.717) is 11.8 Å². The number of carbonyl (C=O) groups is 1. The number of hydrogen-bond donors (Lipinski definition) is 1. The number of amides is 1. The van der Waals surface area contributed by atoms with E-state index >= 15 is 0 Å². The second-order valence-corrected chi connectivity index (χ2v) is 4.76. The predicted molar refractivity (Wildman–Crippen MR) is 67.4 cm³/mol. The number of nitrogens with zero attached hydrogens (tertiary/aromatic N) is 1. The molecule has 3 nitrogen and oxygen atoms in total. The smallest absolute Gasteiger partial charge is 0.239 e. The highest BCUT2D eigenvalue weighted by molar-refractivity contribution is 5.85. The molecule has 0 heterocycles. The lowest BCUT2D eigenvalue weighted by Gasteiger charge is -2.25. The molecule has 0 bridgehead atoms. The van der Waals surface area contributed by atoms with Crippen LogP contribution in [0.2, 0.25) is 0 Å². The van der Waals surface area contributed by atoms with Gasteiger partial charge in [-0.1, -0.05) is 27.7 Å². The summed E-state index contributed by atoms with van der Waals surface area (Å²) >= 11 is 0. The molecule has 0 aromatic rings. The standard InChI is InChI=1S/C11H24N2O.ClH/c1-8(2)7-12-10(9(3)4)11(14)13(5)6;/h8-10,12H,7H2,1-6H3;1H. The largest absolute Gasteiger partial charge is 0.347 e. The van der Waals surface area contributed by atoms with Crippen molar-refractivity contribution in [1.29, 1.82) is 0 Å². The van der Waals surface area contributed by atoms with Crippen molar-refractivity contribution >= 4 is 18.3 Å². The Labute approximate surface area is 100 Å². The highest BCUT2D eigenvalue weighted by Gasteiger charge is 2.22. The van der Waals surface area contributed by atoms with Gasteiger partial charge in [-0.2, -0.15) is 0 Å². The molecule has 92 valence electrons. The van der Waals surface area contributed by atoms with Crippen LogP contribution in [0.4, 0.5) is 0 Å². The summed E-state index contributed by atoms with van der Waals surface area (Å²) in [6.07, 6.45) is 0. The molecule has 1 amide bonds. The molecule has 1 N–H and O–H groups in total. The zero-order chi connectivity index (χ0) is 11.3. The minimum absolute atomic E-state index is 0. The van der Waals surface area contributed by atoms with Crippen LogP contribution in [0.15, 0.2) is 0 Å². The summed E-state index contributed by atoms with van der Waals surface area (Å²) in [6.45, 7) is 9.32. The van der Waals surface area contributed by atoms with E-state index in [2.05, 4.69) is 33.0 Å². The average molecular weight is 237 g/mol. The van der Waals surface area contributed by atoms with Gasteiger partial charge in [0, 0.05) is 14.1 Å². The fourth-order valence-corrected chi connectivity index (χ4v) is 1.25. The van der Waals surface area contributed by atoms with Crippen LogP contribution in [0.25, 0.3) is 0 Å². The van der Waals surface area contributed by atoms with Crippen molar-refractivity contribution in [3.05, 3.63) is 0 Å². The summed E-state index contributed by atoms with van der Waals surface area (Å²) in [4.78, 5) is 13.4. The molecule has 0 aromatic carbocycles. The molecule has 1 unspecified atom stereocenters. The van der Waals surface area contributed by atoms with Crippen molar-refractivity contribution in [3.8, 4) is 0 Å². The SMILES string of the molecule is CC(C)CNC(C(=O)N(C)C)C(C)C.Cl. The Hall–Kier alpha value is -0.280. The third-order valence-electron chi connectivity index (χ3n) is 2.12. The molecule has 0 aliphatic heterocycles. The minimum Gasteiger partial charge on any atom is -0.347 e. The minimum atomic E-state index is -0.0487.